The summed E-state index contributed by atoms with van der Waals surface area (Å²) in [7, 11) is -2.49. The van der Waals surface area contributed by atoms with Crippen molar-refractivity contribution in [2.75, 3.05) is 20.2 Å². The zero-order valence-electron chi connectivity index (χ0n) is 9.71. The normalized spacial score (nSPS) is 11.2. The number of ether oxygens (including phenoxy) is 1. The first-order chi connectivity index (χ1) is 8.42. The lowest BCUT2D eigenvalue weighted by molar-refractivity contribution is 0.0696. The molecule has 0 aliphatic heterocycles. The van der Waals surface area contributed by atoms with Gasteiger partial charge in [0.15, 0.2) is 0 Å². The Bertz CT molecular complexity index is 541. The van der Waals surface area contributed by atoms with Crippen molar-refractivity contribution < 1.29 is 23.1 Å². The Morgan fingerprint density at radius 1 is 1.50 bits per heavy atom. The average Bonchev–Trinajstić information content (AvgIpc) is 2.35. The molecule has 0 fully saturated rings. The van der Waals surface area contributed by atoms with Crippen molar-refractivity contribution in [2.24, 2.45) is 5.73 Å². The predicted octanol–water partition coefficient (Wildman–Crippen LogP) is -0.370. The number of carbonyl (C=O) groups is 1. The Labute approximate surface area is 105 Å². The molecule has 0 aliphatic carbocycles. The van der Waals surface area contributed by atoms with Gasteiger partial charge in [-0.05, 0) is 18.2 Å². The highest BCUT2D eigenvalue weighted by Crippen LogP contribution is 2.24. The van der Waals surface area contributed by atoms with Gasteiger partial charge in [-0.3, -0.25) is 0 Å². The lowest BCUT2D eigenvalue weighted by Gasteiger charge is -2.10. The molecule has 8 heteroatoms. The topological polar surface area (TPSA) is 119 Å². The number of carboxylic acids is 1. The van der Waals surface area contributed by atoms with Crippen LogP contribution < -0.4 is 15.2 Å². The van der Waals surface area contributed by atoms with Crippen LogP contribution in [0, 0.1) is 0 Å². The number of methoxy groups -OCH3 is 1. The van der Waals surface area contributed by atoms with Crippen molar-refractivity contribution in [3.05, 3.63) is 23.8 Å². The molecule has 1 aromatic carbocycles. The minimum absolute atomic E-state index is 0.0283. The standard InChI is InChI=1S/C10H14N2O5S/c1-17-8-6-7(10(13)14)2-3-9(8)18(15,16)12-5-4-11/h2-3,6,12H,4-5,11H2,1H3,(H,13,14). The van der Waals surface area contributed by atoms with E-state index in [1.807, 2.05) is 0 Å². The molecule has 0 radical (unpaired) electrons. The Hall–Kier alpha value is -1.64. The van der Waals surface area contributed by atoms with Crippen LogP contribution in [-0.2, 0) is 10.0 Å². The van der Waals surface area contributed by atoms with Crippen molar-refractivity contribution in [1.29, 1.82) is 0 Å². The van der Waals surface area contributed by atoms with E-state index in [0.717, 1.165) is 6.07 Å². The summed E-state index contributed by atoms with van der Waals surface area (Å²) >= 11 is 0. The third kappa shape index (κ3) is 3.19. The van der Waals surface area contributed by atoms with Crippen LogP contribution in [-0.4, -0.2) is 39.7 Å². The minimum atomic E-state index is -3.76. The number of benzene rings is 1. The second-order valence-corrected chi connectivity index (χ2v) is 5.09. The van der Waals surface area contributed by atoms with Gasteiger partial charge in [0.25, 0.3) is 0 Å². The van der Waals surface area contributed by atoms with Gasteiger partial charge in [-0.15, -0.1) is 0 Å². The highest BCUT2D eigenvalue weighted by atomic mass is 32.2. The fourth-order valence-corrected chi connectivity index (χ4v) is 2.49. The maximum absolute atomic E-state index is 11.9. The molecule has 1 rings (SSSR count). The van der Waals surface area contributed by atoms with Crippen molar-refractivity contribution in [3.63, 3.8) is 0 Å². The maximum atomic E-state index is 11.9. The van der Waals surface area contributed by atoms with E-state index < -0.39 is 16.0 Å². The second-order valence-electron chi connectivity index (χ2n) is 3.36. The number of rotatable bonds is 6. The smallest absolute Gasteiger partial charge is 0.335 e. The van der Waals surface area contributed by atoms with E-state index in [-0.39, 0.29) is 29.3 Å². The molecule has 7 nitrogen and oxygen atoms in total. The summed E-state index contributed by atoms with van der Waals surface area (Å²) in [6.45, 7) is 0.251. The van der Waals surface area contributed by atoms with Gasteiger partial charge in [-0.25, -0.2) is 17.9 Å². The Morgan fingerprint density at radius 3 is 2.67 bits per heavy atom. The lowest BCUT2D eigenvalue weighted by atomic mass is 10.2. The molecule has 0 bridgehead atoms. The van der Waals surface area contributed by atoms with E-state index >= 15 is 0 Å². The van der Waals surface area contributed by atoms with E-state index in [9.17, 15) is 13.2 Å². The summed E-state index contributed by atoms with van der Waals surface area (Å²) in [5.41, 5.74) is 5.16. The SMILES string of the molecule is COc1cc(C(=O)O)ccc1S(=O)(=O)NCCN. The third-order valence-corrected chi connectivity index (χ3v) is 3.64. The number of nitrogens with two attached hydrogens (primary N) is 1. The summed E-state index contributed by atoms with van der Waals surface area (Å²) < 4.78 is 30.9. The molecule has 0 heterocycles. The van der Waals surface area contributed by atoms with Gasteiger partial charge >= 0.3 is 5.97 Å². The van der Waals surface area contributed by atoms with Gasteiger partial charge in [0, 0.05) is 13.1 Å². The van der Waals surface area contributed by atoms with Gasteiger partial charge in [0.2, 0.25) is 10.0 Å². The molecular formula is C10H14N2O5S. The summed E-state index contributed by atoms with van der Waals surface area (Å²) in [5.74, 6) is -1.19. The monoisotopic (exact) mass is 274 g/mol. The zero-order valence-corrected chi connectivity index (χ0v) is 10.5. The molecular weight excluding hydrogens is 260 g/mol. The molecule has 18 heavy (non-hydrogen) atoms. The highest BCUT2D eigenvalue weighted by Gasteiger charge is 2.20. The number of hydrogen-bond donors (Lipinski definition) is 3. The molecule has 0 saturated carbocycles. The van der Waals surface area contributed by atoms with Crippen LogP contribution in [0.2, 0.25) is 0 Å². The highest BCUT2D eigenvalue weighted by molar-refractivity contribution is 7.89. The number of sulfonamides is 1. The van der Waals surface area contributed by atoms with E-state index in [2.05, 4.69) is 4.72 Å². The summed E-state index contributed by atoms with van der Waals surface area (Å²) in [6, 6.07) is 3.53. The van der Waals surface area contributed by atoms with Crippen LogP contribution in [0.4, 0.5) is 0 Å². The molecule has 1 aromatic rings. The van der Waals surface area contributed by atoms with Crippen LogP contribution in [0.15, 0.2) is 23.1 Å². The summed E-state index contributed by atoms with van der Waals surface area (Å²) in [6.07, 6.45) is 0. The van der Waals surface area contributed by atoms with Gasteiger partial charge in [0.05, 0.1) is 12.7 Å². The van der Waals surface area contributed by atoms with Gasteiger partial charge in [-0.2, -0.15) is 0 Å². The molecule has 0 spiro atoms. The van der Waals surface area contributed by atoms with Crippen molar-refractivity contribution in [2.45, 2.75) is 4.90 Å². The molecule has 0 atom stereocenters. The Morgan fingerprint density at radius 2 is 2.17 bits per heavy atom. The predicted molar refractivity (Wildman–Crippen MR) is 64.2 cm³/mol. The molecule has 4 N–H and O–H groups in total. The van der Waals surface area contributed by atoms with Crippen molar-refractivity contribution in [1.82, 2.24) is 4.72 Å². The van der Waals surface area contributed by atoms with Gasteiger partial charge in [-0.1, -0.05) is 0 Å². The second kappa shape index (κ2) is 5.80. The molecule has 100 valence electrons. The zero-order chi connectivity index (χ0) is 13.8. The quantitative estimate of drug-likeness (QED) is 0.651. The third-order valence-electron chi connectivity index (χ3n) is 2.14. The Balaban J connectivity index is 3.21. The fourth-order valence-electron chi connectivity index (χ4n) is 1.29. The van der Waals surface area contributed by atoms with Crippen LogP contribution in [0.1, 0.15) is 10.4 Å². The average molecular weight is 274 g/mol. The minimum Gasteiger partial charge on any atom is -0.495 e. The summed E-state index contributed by atoms with van der Waals surface area (Å²) in [5, 5.41) is 8.80. The molecule has 0 aromatic heterocycles. The lowest BCUT2D eigenvalue weighted by Crippen LogP contribution is -2.29. The molecule has 0 aliphatic rings. The van der Waals surface area contributed by atoms with Crippen LogP contribution >= 0.6 is 0 Å². The van der Waals surface area contributed by atoms with Crippen LogP contribution in [0.25, 0.3) is 0 Å². The molecule has 0 unspecified atom stereocenters. The fraction of sp³-hybridized carbons (Fsp3) is 0.300. The first-order valence-corrected chi connectivity index (χ1v) is 6.51. The van der Waals surface area contributed by atoms with Crippen molar-refractivity contribution >= 4 is 16.0 Å². The number of aromatic carboxylic acids is 1. The molecule has 0 saturated heterocycles. The largest absolute Gasteiger partial charge is 0.495 e. The van der Waals surface area contributed by atoms with Gasteiger partial charge < -0.3 is 15.6 Å². The maximum Gasteiger partial charge on any atom is 0.335 e. The van der Waals surface area contributed by atoms with E-state index in [4.69, 9.17) is 15.6 Å². The molecule has 0 amide bonds. The van der Waals surface area contributed by atoms with Crippen LogP contribution in [0.5, 0.6) is 5.75 Å². The number of carboxylic acid groups (broad SMARTS) is 1. The van der Waals surface area contributed by atoms with Crippen LogP contribution in [0.3, 0.4) is 0 Å². The number of hydrogen-bond acceptors (Lipinski definition) is 5. The first-order valence-electron chi connectivity index (χ1n) is 5.03. The Kier molecular flexibility index (Phi) is 4.65. The van der Waals surface area contributed by atoms with Crippen molar-refractivity contribution in [3.8, 4) is 5.75 Å². The van der Waals surface area contributed by atoms with Gasteiger partial charge in [0.1, 0.15) is 10.6 Å². The number of nitrogens with one attached hydrogen (secondary N) is 1. The van der Waals surface area contributed by atoms with E-state index in [1.165, 1.54) is 19.2 Å². The summed E-state index contributed by atoms with van der Waals surface area (Å²) in [4.78, 5) is 10.6. The first kappa shape index (κ1) is 14.4. The van der Waals surface area contributed by atoms with E-state index in [1.54, 1.807) is 0 Å². The van der Waals surface area contributed by atoms with E-state index in [0.29, 0.717) is 0 Å².